The van der Waals surface area contributed by atoms with Gasteiger partial charge < -0.3 is 14.5 Å². The monoisotopic (exact) mass is 376 g/mol. The van der Waals surface area contributed by atoms with Crippen molar-refractivity contribution >= 4 is 12.0 Å². The lowest BCUT2D eigenvalue weighted by atomic mass is 9.94. The molecule has 0 radical (unpaired) electrons. The lowest BCUT2D eigenvalue weighted by molar-refractivity contribution is -0.138. The molecule has 2 fully saturated rings. The van der Waals surface area contributed by atoms with Crippen LogP contribution in [0.4, 0.5) is 9.18 Å². The van der Waals surface area contributed by atoms with Crippen molar-refractivity contribution < 1.29 is 18.7 Å². The van der Waals surface area contributed by atoms with E-state index in [1.54, 1.807) is 17.0 Å². The zero-order valence-corrected chi connectivity index (χ0v) is 16.4. The molecule has 1 unspecified atom stereocenters. The van der Waals surface area contributed by atoms with E-state index in [2.05, 4.69) is 0 Å². The van der Waals surface area contributed by atoms with Crippen LogP contribution in [0.1, 0.15) is 58.1 Å². The Hall–Kier alpha value is -2.11. The van der Waals surface area contributed by atoms with E-state index in [9.17, 15) is 14.0 Å². The minimum atomic E-state index is -0.512. The van der Waals surface area contributed by atoms with Crippen molar-refractivity contribution in [2.75, 3.05) is 19.6 Å². The maximum atomic E-state index is 13.2. The number of ether oxygens (including phenoxy) is 1. The highest BCUT2D eigenvalue weighted by molar-refractivity contribution is 5.80. The summed E-state index contributed by atoms with van der Waals surface area (Å²) in [4.78, 5) is 28.9. The molecule has 0 N–H and O–H groups in total. The molecule has 27 heavy (non-hydrogen) atoms. The Kier molecular flexibility index (Phi) is 5.72. The van der Waals surface area contributed by atoms with Gasteiger partial charge in [-0.25, -0.2) is 9.18 Å². The molecule has 1 atom stereocenters. The Morgan fingerprint density at radius 3 is 2.26 bits per heavy atom. The molecule has 148 valence electrons. The Balaban J connectivity index is 1.58. The van der Waals surface area contributed by atoms with Gasteiger partial charge in [0.2, 0.25) is 5.91 Å². The number of amides is 2. The van der Waals surface area contributed by atoms with Crippen molar-refractivity contribution in [3.63, 3.8) is 0 Å². The van der Waals surface area contributed by atoms with Gasteiger partial charge in [0.1, 0.15) is 11.4 Å². The first-order chi connectivity index (χ1) is 12.7. The Morgan fingerprint density at radius 1 is 1.04 bits per heavy atom. The highest BCUT2D eigenvalue weighted by atomic mass is 19.1. The first-order valence-electron chi connectivity index (χ1n) is 9.78. The van der Waals surface area contributed by atoms with Crippen molar-refractivity contribution in [1.82, 2.24) is 9.80 Å². The normalized spacial score (nSPS) is 21.4. The largest absolute Gasteiger partial charge is 0.444 e. The molecule has 2 amide bonds. The molecule has 2 saturated heterocycles. The summed E-state index contributed by atoms with van der Waals surface area (Å²) in [7, 11) is 0. The number of nitrogens with zero attached hydrogens (tertiary/aromatic N) is 2. The maximum absolute atomic E-state index is 13.2. The molecular formula is C21H29FN2O3. The second-order valence-electron chi connectivity index (χ2n) is 8.48. The summed E-state index contributed by atoms with van der Waals surface area (Å²) >= 11 is 0. The molecule has 5 nitrogen and oxygen atoms in total. The quantitative estimate of drug-likeness (QED) is 0.780. The van der Waals surface area contributed by atoms with Crippen LogP contribution in [-0.2, 0) is 9.53 Å². The summed E-state index contributed by atoms with van der Waals surface area (Å²) in [6.45, 7) is 7.38. The van der Waals surface area contributed by atoms with Gasteiger partial charge in [-0.2, -0.15) is 0 Å². The highest BCUT2D eigenvalue weighted by Gasteiger charge is 2.36. The third-order valence-corrected chi connectivity index (χ3v) is 5.29. The average molecular weight is 376 g/mol. The second-order valence-corrected chi connectivity index (χ2v) is 8.48. The van der Waals surface area contributed by atoms with Gasteiger partial charge in [0.25, 0.3) is 0 Å². The fourth-order valence-corrected chi connectivity index (χ4v) is 3.93. The van der Waals surface area contributed by atoms with Crippen molar-refractivity contribution in [1.29, 1.82) is 0 Å². The van der Waals surface area contributed by atoms with E-state index in [0.717, 1.165) is 24.9 Å². The van der Waals surface area contributed by atoms with Crippen LogP contribution in [0, 0.1) is 11.7 Å². The van der Waals surface area contributed by atoms with Gasteiger partial charge in [0.15, 0.2) is 0 Å². The van der Waals surface area contributed by atoms with E-state index in [-0.39, 0.29) is 29.8 Å². The predicted octanol–water partition coefficient (Wildman–Crippen LogP) is 4.14. The Labute approximate surface area is 160 Å². The zero-order valence-electron chi connectivity index (χ0n) is 16.4. The van der Waals surface area contributed by atoms with Gasteiger partial charge in [-0.1, -0.05) is 12.1 Å². The molecule has 0 bridgehead atoms. The summed E-state index contributed by atoms with van der Waals surface area (Å²) < 4.78 is 18.6. The SMILES string of the molecule is CC(C)(C)OC(=O)N1CCC(C(=O)N2CCCC2c2ccc(F)cc2)CC1. The molecule has 0 spiro atoms. The number of rotatable bonds is 2. The van der Waals surface area contributed by atoms with Crippen molar-refractivity contribution in [3.05, 3.63) is 35.6 Å². The van der Waals surface area contributed by atoms with Crippen LogP contribution in [0.3, 0.4) is 0 Å². The molecule has 0 saturated carbocycles. The third kappa shape index (κ3) is 4.79. The number of carbonyl (C=O) groups is 2. The smallest absolute Gasteiger partial charge is 0.410 e. The van der Waals surface area contributed by atoms with E-state index < -0.39 is 5.60 Å². The van der Waals surface area contributed by atoms with E-state index >= 15 is 0 Å². The fraction of sp³-hybridized carbons (Fsp3) is 0.619. The molecule has 1 aromatic rings. The van der Waals surface area contributed by atoms with Gasteiger partial charge in [0, 0.05) is 25.6 Å². The summed E-state index contributed by atoms with van der Waals surface area (Å²) in [6.07, 6.45) is 2.88. The summed E-state index contributed by atoms with van der Waals surface area (Å²) in [5.74, 6) is -0.167. The maximum Gasteiger partial charge on any atom is 0.410 e. The summed E-state index contributed by atoms with van der Waals surface area (Å²) in [5, 5.41) is 0. The van der Waals surface area contributed by atoms with Gasteiger partial charge >= 0.3 is 6.09 Å². The molecule has 6 heteroatoms. The van der Waals surface area contributed by atoms with E-state index in [0.29, 0.717) is 25.9 Å². The average Bonchev–Trinajstić information content (AvgIpc) is 3.10. The van der Waals surface area contributed by atoms with Gasteiger partial charge in [0.05, 0.1) is 6.04 Å². The molecule has 1 aromatic carbocycles. The molecule has 2 aliphatic rings. The van der Waals surface area contributed by atoms with Crippen molar-refractivity contribution in [2.24, 2.45) is 5.92 Å². The number of halogens is 1. The first kappa shape index (κ1) is 19.6. The predicted molar refractivity (Wildman–Crippen MR) is 101 cm³/mol. The highest BCUT2D eigenvalue weighted by Crippen LogP contribution is 2.34. The van der Waals surface area contributed by atoms with Gasteiger partial charge in [-0.15, -0.1) is 0 Å². The second kappa shape index (κ2) is 7.87. The summed E-state index contributed by atoms with van der Waals surface area (Å²) in [5.41, 5.74) is 0.482. The number of piperidine rings is 1. The molecule has 3 rings (SSSR count). The van der Waals surface area contributed by atoms with Crippen LogP contribution in [0.2, 0.25) is 0 Å². The van der Waals surface area contributed by atoms with Crippen LogP contribution in [0.15, 0.2) is 24.3 Å². The zero-order chi connectivity index (χ0) is 19.6. The van der Waals surface area contributed by atoms with Crippen LogP contribution in [0.5, 0.6) is 0 Å². The number of benzene rings is 1. The number of hydrogen-bond acceptors (Lipinski definition) is 3. The fourth-order valence-electron chi connectivity index (χ4n) is 3.93. The van der Waals surface area contributed by atoms with Crippen LogP contribution in [-0.4, -0.2) is 47.0 Å². The summed E-state index contributed by atoms with van der Waals surface area (Å²) in [6, 6.07) is 6.49. The third-order valence-electron chi connectivity index (χ3n) is 5.29. The molecular weight excluding hydrogens is 347 g/mol. The van der Waals surface area contributed by atoms with Crippen molar-refractivity contribution in [3.8, 4) is 0 Å². The van der Waals surface area contributed by atoms with Gasteiger partial charge in [-0.05, 0) is 64.2 Å². The van der Waals surface area contributed by atoms with E-state index in [1.807, 2.05) is 25.7 Å². The van der Waals surface area contributed by atoms with E-state index in [4.69, 9.17) is 4.74 Å². The first-order valence-corrected chi connectivity index (χ1v) is 9.78. The minimum Gasteiger partial charge on any atom is -0.444 e. The lowest BCUT2D eigenvalue weighted by Gasteiger charge is -2.35. The van der Waals surface area contributed by atoms with Crippen LogP contribution < -0.4 is 0 Å². The Morgan fingerprint density at radius 2 is 1.67 bits per heavy atom. The van der Waals surface area contributed by atoms with Crippen molar-refractivity contribution in [2.45, 2.75) is 58.1 Å². The number of carbonyl (C=O) groups excluding carboxylic acids is 2. The molecule has 2 heterocycles. The van der Waals surface area contributed by atoms with Crippen LogP contribution >= 0.6 is 0 Å². The van der Waals surface area contributed by atoms with E-state index in [1.165, 1.54) is 12.1 Å². The lowest BCUT2D eigenvalue weighted by Crippen LogP contribution is -2.45. The molecule has 2 aliphatic heterocycles. The Bertz CT molecular complexity index is 676. The number of likely N-dealkylation sites (tertiary alicyclic amines) is 2. The minimum absolute atomic E-state index is 0.0296. The molecule has 0 aliphatic carbocycles. The van der Waals surface area contributed by atoms with Gasteiger partial charge in [-0.3, -0.25) is 4.79 Å². The standard InChI is InChI=1S/C21H29FN2O3/c1-21(2,3)27-20(26)23-13-10-16(11-14-23)19(25)24-12-4-5-18(24)15-6-8-17(22)9-7-15/h6-9,16,18H,4-5,10-14H2,1-3H3. The topological polar surface area (TPSA) is 49.9 Å². The number of hydrogen-bond donors (Lipinski definition) is 0. The van der Waals surface area contributed by atoms with Crippen LogP contribution in [0.25, 0.3) is 0 Å². The molecule has 0 aromatic heterocycles.